The van der Waals surface area contributed by atoms with Crippen LogP contribution in [-0.2, 0) is 0 Å². The normalized spacial score (nSPS) is 18.7. The Morgan fingerprint density at radius 3 is 2.61 bits per heavy atom. The Morgan fingerprint density at radius 2 is 1.88 bits per heavy atom. The highest BCUT2D eigenvalue weighted by Crippen LogP contribution is 2.28. The molecule has 8 nitrogen and oxygen atoms in total. The maximum atomic E-state index is 13.0. The van der Waals surface area contributed by atoms with Crippen molar-refractivity contribution in [2.45, 2.75) is 51.6 Å². The molecule has 0 bridgehead atoms. The number of amides is 1. The van der Waals surface area contributed by atoms with Gasteiger partial charge in [0.2, 0.25) is 5.82 Å². The predicted octanol–water partition coefficient (Wildman–Crippen LogP) is 4.30. The summed E-state index contributed by atoms with van der Waals surface area (Å²) in [4.78, 5) is 26.8. The molecule has 1 aromatic heterocycles. The first-order chi connectivity index (χ1) is 15.9. The molecule has 4 rings (SSSR count). The van der Waals surface area contributed by atoms with Gasteiger partial charge in [0.15, 0.2) is 0 Å². The van der Waals surface area contributed by atoms with E-state index < -0.39 is 0 Å². The Balaban J connectivity index is 1.66. The summed E-state index contributed by atoms with van der Waals surface area (Å²) >= 11 is 0. The van der Waals surface area contributed by atoms with Crippen LogP contribution in [0.3, 0.4) is 0 Å². The van der Waals surface area contributed by atoms with Crippen molar-refractivity contribution in [2.24, 2.45) is 10.7 Å². The molecule has 172 valence electrons. The fourth-order valence-corrected chi connectivity index (χ4v) is 4.19. The fourth-order valence-electron chi connectivity index (χ4n) is 4.19. The number of aromatic nitrogens is 2. The highest BCUT2D eigenvalue weighted by atomic mass is 16.5. The van der Waals surface area contributed by atoms with E-state index in [2.05, 4.69) is 25.6 Å². The second-order valence-electron chi connectivity index (χ2n) is 8.47. The van der Waals surface area contributed by atoms with Crippen molar-refractivity contribution in [3.05, 3.63) is 53.9 Å². The van der Waals surface area contributed by atoms with Crippen LogP contribution >= 0.6 is 0 Å². The standard InChI is InChI=1S/C25H30N6O2/c1-15-8-13-20-19(14-15)23(30-22-7-5-4-6-21(22)27-16(2)26)31-24(29-20)25(32)28-17-9-11-18(33-3)12-10-17/h8-14,21-22H,4-7H2,1-3H3,(H2,26,27)(H,28,32)(H,29,30,31)/t21-,22+/m1/s1. The molecule has 3 aromatic rings. The monoisotopic (exact) mass is 446 g/mol. The number of amidine groups is 1. The zero-order chi connectivity index (χ0) is 23.4. The number of carbonyl (C=O) groups is 1. The van der Waals surface area contributed by atoms with Crippen LogP contribution in [0.2, 0.25) is 0 Å². The number of aryl methyl sites for hydroxylation is 1. The van der Waals surface area contributed by atoms with Gasteiger partial charge in [-0.1, -0.05) is 24.5 Å². The van der Waals surface area contributed by atoms with Gasteiger partial charge in [-0.2, -0.15) is 0 Å². The number of benzene rings is 2. The van der Waals surface area contributed by atoms with Crippen LogP contribution in [0, 0.1) is 6.92 Å². The van der Waals surface area contributed by atoms with Gasteiger partial charge in [-0.25, -0.2) is 9.97 Å². The molecular weight excluding hydrogens is 416 g/mol. The summed E-state index contributed by atoms with van der Waals surface area (Å²) < 4.78 is 5.17. The zero-order valence-electron chi connectivity index (χ0n) is 19.3. The molecule has 1 amide bonds. The molecule has 1 heterocycles. The summed E-state index contributed by atoms with van der Waals surface area (Å²) in [6, 6.07) is 13.2. The van der Waals surface area contributed by atoms with E-state index in [4.69, 9.17) is 10.5 Å². The molecular formula is C25H30N6O2. The number of carbonyl (C=O) groups excluding carboxylic acids is 1. The molecule has 1 aliphatic rings. The first-order valence-electron chi connectivity index (χ1n) is 11.2. The summed E-state index contributed by atoms with van der Waals surface area (Å²) in [5, 5.41) is 7.32. The number of nitrogens with two attached hydrogens (primary N) is 1. The zero-order valence-corrected chi connectivity index (χ0v) is 19.3. The van der Waals surface area contributed by atoms with E-state index in [1.165, 1.54) is 0 Å². The van der Waals surface area contributed by atoms with Crippen molar-refractivity contribution in [2.75, 3.05) is 17.7 Å². The van der Waals surface area contributed by atoms with Crippen molar-refractivity contribution < 1.29 is 9.53 Å². The smallest absolute Gasteiger partial charge is 0.293 e. The van der Waals surface area contributed by atoms with Gasteiger partial charge in [0.25, 0.3) is 5.91 Å². The van der Waals surface area contributed by atoms with E-state index in [-0.39, 0.29) is 23.8 Å². The third-order valence-electron chi connectivity index (χ3n) is 5.82. The Morgan fingerprint density at radius 1 is 1.12 bits per heavy atom. The Labute approximate surface area is 193 Å². The quantitative estimate of drug-likeness (QED) is 0.384. The topological polar surface area (TPSA) is 115 Å². The number of anilines is 2. The number of fused-ring (bicyclic) bond motifs is 1. The first kappa shape index (κ1) is 22.5. The Bertz CT molecular complexity index is 1170. The van der Waals surface area contributed by atoms with E-state index in [0.717, 1.165) is 36.6 Å². The second-order valence-corrected chi connectivity index (χ2v) is 8.47. The second kappa shape index (κ2) is 9.85. The number of methoxy groups -OCH3 is 1. The summed E-state index contributed by atoms with van der Waals surface area (Å²) in [7, 11) is 1.60. The van der Waals surface area contributed by atoms with E-state index in [1.54, 1.807) is 31.4 Å². The molecule has 8 heteroatoms. The van der Waals surface area contributed by atoms with Gasteiger partial charge in [0.05, 0.1) is 24.5 Å². The van der Waals surface area contributed by atoms with Crippen LogP contribution in [0.5, 0.6) is 5.75 Å². The highest BCUT2D eigenvalue weighted by Gasteiger charge is 2.26. The minimum atomic E-state index is -0.373. The summed E-state index contributed by atoms with van der Waals surface area (Å²) in [5.74, 6) is 1.67. The molecule has 0 unspecified atom stereocenters. The molecule has 0 spiro atoms. The minimum Gasteiger partial charge on any atom is -0.497 e. The molecule has 0 aliphatic heterocycles. The fraction of sp³-hybridized carbons (Fsp3) is 0.360. The lowest BCUT2D eigenvalue weighted by molar-refractivity contribution is 0.101. The SMILES string of the molecule is COc1ccc(NC(=O)c2nc(N[C@H]3CCCC[C@H]3N=C(C)N)c3cc(C)ccc3n2)cc1. The summed E-state index contributed by atoms with van der Waals surface area (Å²) in [5.41, 5.74) is 8.33. The molecule has 33 heavy (non-hydrogen) atoms. The predicted molar refractivity (Wildman–Crippen MR) is 132 cm³/mol. The van der Waals surface area contributed by atoms with Crippen molar-refractivity contribution in [3.63, 3.8) is 0 Å². The van der Waals surface area contributed by atoms with Crippen molar-refractivity contribution in [1.82, 2.24) is 9.97 Å². The Hall–Kier alpha value is -3.68. The number of nitrogens with zero attached hydrogens (tertiary/aromatic N) is 3. The van der Waals surface area contributed by atoms with Gasteiger partial charge >= 0.3 is 0 Å². The van der Waals surface area contributed by atoms with E-state index in [1.807, 2.05) is 32.0 Å². The molecule has 2 atom stereocenters. The molecule has 1 aliphatic carbocycles. The number of rotatable bonds is 6. The van der Waals surface area contributed by atoms with Gasteiger partial charge < -0.3 is 21.1 Å². The van der Waals surface area contributed by atoms with Crippen molar-refractivity contribution in [1.29, 1.82) is 0 Å². The average molecular weight is 447 g/mol. The molecule has 2 aromatic carbocycles. The lowest BCUT2D eigenvalue weighted by Crippen LogP contribution is -2.37. The number of nitrogens with one attached hydrogen (secondary N) is 2. The molecule has 0 radical (unpaired) electrons. The van der Waals surface area contributed by atoms with E-state index >= 15 is 0 Å². The van der Waals surface area contributed by atoms with Gasteiger partial charge in [-0.3, -0.25) is 9.79 Å². The number of ether oxygens (including phenoxy) is 1. The molecule has 1 saturated carbocycles. The molecule has 4 N–H and O–H groups in total. The lowest BCUT2D eigenvalue weighted by Gasteiger charge is -2.30. The Kier molecular flexibility index (Phi) is 6.72. The third kappa shape index (κ3) is 5.39. The molecule has 1 fully saturated rings. The number of hydrogen-bond donors (Lipinski definition) is 3. The van der Waals surface area contributed by atoms with Crippen LogP contribution in [0.15, 0.2) is 47.5 Å². The summed E-state index contributed by atoms with van der Waals surface area (Å²) in [6.07, 6.45) is 4.17. The number of hydrogen-bond acceptors (Lipinski definition) is 6. The van der Waals surface area contributed by atoms with E-state index in [0.29, 0.717) is 28.6 Å². The summed E-state index contributed by atoms with van der Waals surface area (Å²) in [6.45, 7) is 3.84. The van der Waals surface area contributed by atoms with Crippen LogP contribution in [-0.4, -0.2) is 40.9 Å². The maximum Gasteiger partial charge on any atom is 0.293 e. The lowest BCUT2D eigenvalue weighted by atomic mass is 9.90. The van der Waals surface area contributed by atoms with Gasteiger partial charge in [-0.05, 0) is 63.1 Å². The maximum absolute atomic E-state index is 13.0. The largest absolute Gasteiger partial charge is 0.497 e. The van der Waals surface area contributed by atoms with Gasteiger partial charge in [0, 0.05) is 17.1 Å². The van der Waals surface area contributed by atoms with E-state index in [9.17, 15) is 4.79 Å². The van der Waals surface area contributed by atoms with Gasteiger partial charge in [0.1, 0.15) is 11.6 Å². The van der Waals surface area contributed by atoms with Crippen molar-refractivity contribution >= 4 is 34.2 Å². The minimum absolute atomic E-state index is 0.0788. The van der Waals surface area contributed by atoms with Crippen molar-refractivity contribution in [3.8, 4) is 5.75 Å². The van der Waals surface area contributed by atoms with Crippen LogP contribution in [0.4, 0.5) is 11.5 Å². The third-order valence-corrected chi connectivity index (χ3v) is 5.82. The van der Waals surface area contributed by atoms with Crippen LogP contribution in [0.25, 0.3) is 10.9 Å². The number of aliphatic imine (C=N–C) groups is 1. The highest BCUT2D eigenvalue weighted by molar-refractivity contribution is 6.04. The molecule has 0 saturated heterocycles. The first-order valence-corrected chi connectivity index (χ1v) is 11.2. The average Bonchev–Trinajstić information content (AvgIpc) is 2.80. The van der Waals surface area contributed by atoms with Gasteiger partial charge in [-0.15, -0.1) is 0 Å². The van der Waals surface area contributed by atoms with Crippen LogP contribution < -0.4 is 21.1 Å². The van der Waals surface area contributed by atoms with Crippen LogP contribution in [0.1, 0.15) is 48.8 Å².